The number of pyridine rings is 1. The van der Waals surface area contributed by atoms with Crippen LogP contribution in [0.3, 0.4) is 0 Å². The van der Waals surface area contributed by atoms with E-state index in [2.05, 4.69) is 41.9 Å². The molecule has 0 aromatic carbocycles. The van der Waals surface area contributed by atoms with Crippen molar-refractivity contribution in [3.05, 3.63) is 28.5 Å². The number of hydrogen-bond donors (Lipinski definition) is 1. The third-order valence-corrected chi connectivity index (χ3v) is 3.25. The second-order valence-corrected chi connectivity index (χ2v) is 6.74. The Morgan fingerprint density at radius 1 is 1.38 bits per heavy atom. The number of hydrogen-bond acceptors (Lipinski definition) is 5. The molecule has 1 aliphatic rings. The Bertz CT molecular complexity index is 412. The molecule has 0 atom stereocenters. The molecule has 1 N–H and O–H groups in total. The summed E-state index contributed by atoms with van der Waals surface area (Å²) in [7, 11) is 0. The van der Waals surface area contributed by atoms with Crippen LogP contribution in [0.2, 0.25) is 0 Å². The molecule has 0 aliphatic carbocycles. The summed E-state index contributed by atoms with van der Waals surface area (Å²) in [4.78, 5) is 16.4. The maximum atomic E-state index is 9.60. The smallest absolute Gasteiger partial charge is 0.293 e. The number of nitrogens with one attached hydrogen (secondary N) is 1. The third kappa shape index (κ3) is 8.80. The van der Waals surface area contributed by atoms with E-state index in [4.69, 9.17) is 0 Å². The van der Waals surface area contributed by atoms with Crippen molar-refractivity contribution in [3.8, 4) is 0 Å². The van der Waals surface area contributed by atoms with E-state index in [1.165, 1.54) is 0 Å². The SMILES string of the molecule is Brc1ccc(CN2CCNCC2)nc1.CC(C)(C)OC=O. The topological polar surface area (TPSA) is 54.5 Å². The highest BCUT2D eigenvalue weighted by Crippen LogP contribution is 2.09. The van der Waals surface area contributed by atoms with E-state index in [1.807, 2.05) is 33.0 Å². The van der Waals surface area contributed by atoms with Gasteiger partial charge in [0.05, 0.1) is 5.69 Å². The molecule has 0 spiro atoms. The van der Waals surface area contributed by atoms with Gasteiger partial charge in [-0.25, -0.2) is 0 Å². The number of piperazine rings is 1. The summed E-state index contributed by atoms with van der Waals surface area (Å²) in [5.41, 5.74) is 0.831. The fourth-order valence-electron chi connectivity index (χ4n) is 1.74. The normalized spacial score (nSPS) is 15.8. The number of carbonyl (C=O) groups is 1. The van der Waals surface area contributed by atoms with Crippen molar-refractivity contribution in [1.82, 2.24) is 15.2 Å². The summed E-state index contributed by atoms with van der Waals surface area (Å²) in [6, 6.07) is 4.12. The predicted molar refractivity (Wildman–Crippen MR) is 87.0 cm³/mol. The second kappa shape index (κ2) is 9.12. The molecule has 0 amide bonds. The van der Waals surface area contributed by atoms with E-state index >= 15 is 0 Å². The molecule has 1 saturated heterocycles. The molecule has 0 unspecified atom stereocenters. The zero-order valence-electron chi connectivity index (χ0n) is 12.9. The van der Waals surface area contributed by atoms with Gasteiger partial charge in [0.2, 0.25) is 0 Å². The summed E-state index contributed by atoms with van der Waals surface area (Å²) < 4.78 is 5.59. The minimum atomic E-state index is -0.318. The van der Waals surface area contributed by atoms with Crippen LogP contribution in [0, 0.1) is 0 Å². The lowest BCUT2D eigenvalue weighted by Crippen LogP contribution is -2.43. The molecule has 118 valence electrons. The van der Waals surface area contributed by atoms with Crippen molar-refractivity contribution in [3.63, 3.8) is 0 Å². The third-order valence-electron chi connectivity index (χ3n) is 2.79. The molecule has 6 heteroatoms. The highest BCUT2D eigenvalue weighted by atomic mass is 79.9. The van der Waals surface area contributed by atoms with E-state index < -0.39 is 0 Å². The van der Waals surface area contributed by atoms with Crippen molar-refractivity contribution >= 4 is 22.4 Å². The average Bonchev–Trinajstić information content (AvgIpc) is 2.42. The summed E-state index contributed by atoms with van der Waals surface area (Å²) in [6.45, 7) is 11.3. The van der Waals surface area contributed by atoms with Crippen LogP contribution in [0.25, 0.3) is 0 Å². The Morgan fingerprint density at radius 2 is 2.05 bits per heavy atom. The zero-order chi connectivity index (χ0) is 15.7. The van der Waals surface area contributed by atoms with Gasteiger partial charge in [-0.3, -0.25) is 14.7 Å². The van der Waals surface area contributed by atoms with E-state index in [1.54, 1.807) is 0 Å². The Balaban J connectivity index is 0.000000270. The Hall–Kier alpha value is -0.980. The molecule has 5 nitrogen and oxygen atoms in total. The van der Waals surface area contributed by atoms with Crippen LogP contribution in [0.4, 0.5) is 0 Å². The number of carbonyl (C=O) groups excluding carboxylic acids is 1. The molecule has 0 saturated carbocycles. The lowest BCUT2D eigenvalue weighted by atomic mass is 10.2. The molecule has 1 aliphatic heterocycles. The summed E-state index contributed by atoms with van der Waals surface area (Å²) in [5, 5.41) is 3.34. The van der Waals surface area contributed by atoms with Gasteiger partial charge in [-0.05, 0) is 48.8 Å². The Labute approximate surface area is 135 Å². The van der Waals surface area contributed by atoms with Gasteiger partial charge in [-0.15, -0.1) is 0 Å². The van der Waals surface area contributed by atoms with Crippen molar-refractivity contribution < 1.29 is 9.53 Å². The lowest BCUT2D eigenvalue weighted by molar-refractivity contribution is -0.138. The molecule has 1 fully saturated rings. The van der Waals surface area contributed by atoms with Gasteiger partial charge in [-0.1, -0.05) is 0 Å². The Kier molecular flexibility index (Phi) is 7.85. The van der Waals surface area contributed by atoms with Crippen LogP contribution >= 0.6 is 15.9 Å². The van der Waals surface area contributed by atoms with Crippen LogP contribution < -0.4 is 5.32 Å². The summed E-state index contributed by atoms with van der Waals surface area (Å²) in [5.74, 6) is 0. The van der Waals surface area contributed by atoms with Gasteiger partial charge < -0.3 is 10.1 Å². The van der Waals surface area contributed by atoms with Gasteiger partial charge >= 0.3 is 0 Å². The number of ether oxygens (including phenoxy) is 1. The van der Waals surface area contributed by atoms with E-state index in [0.29, 0.717) is 6.47 Å². The van der Waals surface area contributed by atoms with Crippen molar-refractivity contribution in [2.24, 2.45) is 0 Å². The highest BCUT2D eigenvalue weighted by Gasteiger charge is 2.10. The largest absolute Gasteiger partial charge is 0.462 e. The molecule has 0 radical (unpaired) electrons. The number of rotatable bonds is 3. The standard InChI is InChI=1S/C10H14BrN3.C5H10O2/c11-9-1-2-10(13-7-9)8-14-5-3-12-4-6-14;1-5(2,3)7-4-6/h1-2,7,12H,3-6,8H2;4H,1-3H3. The van der Waals surface area contributed by atoms with E-state index in [-0.39, 0.29) is 5.60 Å². The minimum absolute atomic E-state index is 0.318. The van der Waals surface area contributed by atoms with E-state index in [9.17, 15) is 4.79 Å². The first kappa shape index (κ1) is 18.1. The van der Waals surface area contributed by atoms with Crippen molar-refractivity contribution in [2.75, 3.05) is 26.2 Å². The second-order valence-electron chi connectivity index (χ2n) is 5.82. The molecule has 2 heterocycles. The number of aromatic nitrogens is 1. The number of halogens is 1. The highest BCUT2D eigenvalue weighted by molar-refractivity contribution is 9.10. The molecule has 1 aromatic rings. The summed E-state index contributed by atoms with van der Waals surface area (Å²) >= 11 is 3.38. The quantitative estimate of drug-likeness (QED) is 0.840. The maximum Gasteiger partial charge on any atom is 0.293 e. The fraction of sp³-hybridized carbons (Fsp3) is 0.600. The molecule has 2 rings (SSSR count). The van der Waals surface area contributed by atoms with Gasteiger partial charge in [0.1, 0.15) is 5.60 Å². The van der Waals surface area contributed by atoms with Gasteiger partial charge in [0.25, 0.3) is 6.47 Å². The Morgan fingerprint density at radius 3 is 2.48 bits per heavy atom. The maximum absolute atomic E-state index is 9.60. The molecule has 21 heavy (non-hydrogen) atoms. The predicted octanol–water partition coefficient (Wildman–Crippen LogP) is 2.21. The minimum Gasteiger partial charge on any atom is -0.462 e. The number of nitrogens with zero attached hydrogens (tertiary/aromatic N) is 2. The fourth-order valence-corrected chi connectivity index (χ4v) is 1.98. The van der Waals surface area contributed by atoms with Crippen molar-refractivity contribution in [2.45, 2.75) is 32.9 Å². The molecular weight excluding hydrogens is 334 g/mol. The average molecular weight is 358 g/mol. The van der Waals surface area contributed by atoms with Crippen LogP contribution in [-0.2, 0) is 16.1 Å². The van der Waals surface area contributed by atoms with Crippen molar-refractivity contribution in [1.29, 1.82) is 0 Å². The molecular formula is C15H24BrN3O2. The van der Waals surface area contributed by atoms with Gasteiger partial charge in [0.15, 0.2) is 0 Å². The van der Waals surface area contributed by atoms with Crippen LogP contribution in [-0.4, -0.2) is 48.1 Å². The van der Waals surface area contributed by atoms with Crippen LogP contribution in [0.1, 0.15) is 26.5 Å². The van der Waals surface area contributed by atoms with E-state index in [0.717, 1.165) is 42.9 Å². The first-order valence-electron chi connectivity index (χ1n) is 7.06. The summed E-state index contributed by atoms with van der Waals surface area (Å²) in [6.07, 6.45) is 1.86. The first-order chi connectivity index (χ1) is 9.90. The van der Waals surface area contributed by atoms with Gasteiger partial charge in [0, 0.05) is 43.4 Å². The molecule has 0 bridgehead atoms. The van der Waals surface area contributed by atoms with Crippen LogP contribution in [0.15, 0.2) is 22.8 Å². The first-order valence-corrected chi connectivity index (χ1v) is 7.85. The van der Waals surface area contributed by atoms with Crippen LogP contribution in [0.5, 0.6) is 0 Å². The zero-order valence-corrected chi connectivity index (χ0v) is 14.5. The lowest BCUT2D eigenvalue weighted by Gasteiger charge is -2.26. The monoisotopic (exact) mass is 357 g/mol. The molecule has 1 aromatic heterocycles. The van der Waals surface area contributed by atoms with Gasteiger partial charge in [-0.2, -0.15) is 0 Å².